The lowest BCUT2D eigenvalue weighted by Gasteiger charge is -2.15. The van der Waals surface area contributed by atoms with Crippen LogP contribution in [0, 0.1) is 0 Å². The van der Waals surface area contributed by atoms with Gasteiger partial charge in [0.25, 0.3) is 5.56 Å². The van der Waals surface area contributed by atoms with E-state index in [1.54, 1.807) is 0 Å². The third-order valence-electron chi connectivity index (χ3n) is 3.37. The molecule has 0 saturated carbocycles. The Bertz CT molecular complexity index is 793. The van der Waals surface area contributed by atoms with Crippen molar-refractivity contribution < 1.29 is 20.1 Å². The quantitative estimate of drug-likeness (QED) is 0.310. The van der Waals surface area contributed by atoms with Gasteiger partial charge in [-0.25, -0.2) is 9.36 Å². The predicted molar refractivity (Wildman–Crippen MR) is 68.4 cm³/mol. The van der Waals surface area contributed by atoms with E-state index in [1.807, 2.05) is 0 Å². The fourth-order valence-electron chi connectivity index (χ4n) is 2.36. The first-order valence-corrected chi connectivity index (χ1v) is 6.06. The Hall–Kier alpha value is -2.21. The molecule has 0 radical (unpaired) electrons. The zero-order valence-electron chi connectivity index (χ0n) is 10.6. The van der Waals surface area contributed by atoms with Gasteiger partial charge in [0.05, 0.1) is 6.61 Å². The number of H-pyrrole nitrogens is 2. The average Bonchev–Trinajstić information content (AvgIpc) is 2.89. The minimum absolute atomic E-state index is 0.115. The van der Waals surface area contributed by atoms with Crippen molar-refractivity contribution in [3.63, 3.8) is 0 Å². The van der Waals surface area contributed by atoms with Crippen LogP contribution in [0.4, 0.5) is 5.95 Å². The van der Waals surface area contributed by atoms with Gasteiger partial charge in [-0.3, -0.25) is 14.8 Å². The van der Waals surface area contributed by atoms with Crippen LogP contribution < -0.4 is 17.0 Å². The lowest BCUT2D eigenvalue weighted by atomic mass is 10.1. The number of hydrogen-bond acceptors (Lipinski definition) is 8. The van der Waals surface area contributed by atoms with E-state index >= 15 is 0 Å². The molecule has 1 aliphatic rings. The number of nitrogens with two attached hydrogens (primary N) is 1. The molecule has 2 aromatic heterocycles. The minimum atomic E-state index is -1.47. The van der Waals surface area contributed by atoms with E-state index in [0.717, 1.165) is 4.57 Å². The first-order valence-electron chi connectivity index (χ1n) is 6.06. The number of imidazole rings is 1. The number of nitrogen functional groups attached to an aromatic ring is 1. The van der Waals surface area contributed by atoms with Gasteiger partial charge in [0.2, 0.25) is 5.95 Å². The molecule has 114 valence electrons. The normalized spacial score (nSPS) is 29.3. The number of aromatic nitrogens is 4. The van der Waals surface area contributed by atoms with Gasteiger partial charge in [-0.2, -0.15) is 4.98 Å². The molecule has 3 rings (SSSR count). The van der Waals surface area contributed by atoms with Gasteiger partial charge in [-0.15, -0.1) is 0 Å². The summed E-state index contributed by atoms with van der Waals surface area (Å²) in [5.74, 6) is -0.216. The van der Waals surface area contributed by atoms with Crippen molar-refractivity contribution in [1.82, 2.24) is 19.5 Å². The van der Waals surface area contributed by atoms with Gasteiger partial charge in [-0.05, 0) is 0 Å². The number of nitrogens with zero attached hydrogens (tertiary/aromatic N) is 2. The van der Waals surface area contributed by atoms with E-state index in [0.29, 0.717) is 0 Å². The fraction of sp³-hybridized carbons (Fsp3) is 0.500. The highest BCUT2D eigenvalue weighted by molar-refractivity contribution is 5.70. The Morgan fingerprint density at radius 3 is 2.62 bits per heavy atom. The van der Waals surface area contributed by atoms with E-state index in [-0.39, 0.29) is 17.1 Å². The lowest BCUT2D eigenvalue weighted by Crippen LogP contribution is -2.35. The van der Waals surface area contributed by atoms with Crippen LogP contribution in [0.3, 0.4) is 0 Å². The van der Waals surface area contributed by atoms with Gasteiger partial charge in [0.1, 0.15) is 18.3 Å². The molecule has 1 aliphatic heterocycles. The smallest absolute Gasteiger partial charge is 0.330 e. The van der Waals surface area contributed by atoms with E-state index in [2.05, 4.69) is 15.0 Å². The van der Waals surface area contributed by atoms with Gasteiger partial charge < -0.3 is 25.8 Å². The summed E-state index contributed by atoms with van der Waals surface area (Å²) in [7, 11) is 0. The molecule has 7 N–H and O–H groups in total. The fourth-order valence-corrected chi connectivity index (χ4v) is 2.36. The number of rotatable bonds is 2. The molecule has 0 aliphatic carbocycles. The van der Waals surface area contributed by atoms with Crippen molar-refractivity contribution in [2.24, 2.45) is 0 Å². The topological polar surface area (TPSA) is 179 Å². The SMILES string of the molecule is [15NH2][13c]1nc2c([nH]c(=O)n2[C@@H]2O[C@H](CO)[C@@H](O)[C@H]2O)c(=O)[15nH]1. The van der Waals surface area contributed by atoms with Crippen LogP contribution >= 0.6 is 0 Å². The second kappa shape index (κ2) is 4.66. The second-order valence-corrected chi connectivity index (χ2v) is 4.68. The monoisotopic (exact) mass is 302 g/mol. The van der Waals surface area contributed by atoms with Crippen molar-refractivity contribution in [2.75, 3.05) is 12.3 Å². The molecular weight excluding hydrogens is 289 g/mol. The molecule has 2 aromatic rings. The number of fused-ring (bicyclic) bond motifs is 1. The molecular formula is C10H13N5O6. The summed E-state index contributed by atoms with van der Waals surface area (Å²) in [5, 5.41) is 28.7. The molecule has 11 heteroatoms. The molecule has 4 atom stereocenters. The summed E-state index contributed by atoms with van der Waals surface area (Å²) in [6, 6.07) is 0. The molecule has 3 heterocycles. The van der Waals surface area contributed by atoms with Crippen LogP contribution in [-0.4, -0.2) is 59.8 Å². The molecule has 1 fully saturated rings. The van der Waals surface area contributed by atoms with Crippen molar-refractivity contribution in [3.8, 4) is 0 Å². The first-order chi connectivity index (χ1) is 9.93. The maximum atomic E-state index is 12.0. The molecule has 21 heavy (non-hydrogen) atoms. The van der Waals surface area contributed by atoms with Gasteiger partial charge in [-0.1, -0.05) is 0 Å². The Kier molecular flexibility index (Phi) is 3.06. The van der Waals surface area contributed by atoms with Gasteiger partial charge in [0, 0.05) is 0 Å². The number of hydrogen-bond donors (Lipinski definition) is 6. The standard InChI is InChI=1S/C10H13N5O6/c11-9-13-6-3(7(19)14-9)12-10(20)15(6)8-5(18)4(17)2(1-16)21-8/h2,4-5,8,16-18H,1H2,(H,12,20)(H3,11,13,14,19)/t2-,4-,5-,8-/m1/s1/i9+1,11+1,14+1. The Morgan fingerprint density at radius 1 is 1.29 bits per heavy atom. The van der Waals surface area contributed by atoms with Crippen LogP contribution in [0.25, 0.3) is 11.2 Å². The highest BCUT2D eigenvalue weighted by atomic mass is 16.6. The second-order valence-electron chi connectivity index (χ2n) is 4.68. The largest absolute Gasteiger partial charge is 0.394 e. The highest BCUT2D eigenvalue weighted by Crippen LogP contribution is 2.29. The third kappa shape index (κ3) is 1.94. The van der Waals surface area contributed by atoms with Crippen LogP contribution in [0.5, 0.6) is 0 Å². The van der Waals surface area contributed by atoms with Crippen molar-refractivity contribution in [2.45, 2.75) is 24.5 Å². The molecule has 1 saturated heterocycles. The molecule has 0 unspecified atom stereocenters. The predicted octanol–water partition coefficient (Wildman–Crippen LogP) is -3.39. The zero-order chi connectivity index (χ0) is 15.3. The molecule has 0 spiro atoms. The summed E-state index contributed by atoms with van der Waals surface area (Å²) in [5.41, 5.74) is 3.77. The van der Waals surface area contributed by atoms with Crippen LogP contribution in [0.2, 0.25) is 0 Å². The number of ether oxygens (including phenoxy) is 1. The van der Waals surface area contributed by atoms with Gasteiger partial charge >= 0.3 is 5.69 Å². The molecule has 0 aromatic carbocycles. The lowest BCUT2D eigenvalue weighted by molar-refractivity contribution is -0.0524. The van der Waals surface area contributed by atoms with Crippen LogP contribution in [0.15, 0.2) is 9.59 Å². The molecule has 0 amide bonds. The summed E-state index contributed by atoms with van der Waals surface area (Å²) in [6.07, 6.45) is -5.20. The van der Waals surface area contributed by atoms with Crippen molar-refractivity contribution >= 4 is 17.1 Å². The Labute approximate surface area is 115 Å². The average molecular weight is 302 g/mol. The number of nitrogens with one attached hydrogen (secondary N) is 2. The van der Waals surface area contributed by atoms with E-state index < -0.39 is 42.4 Å². The number of aliphatic hydroxyl groups is 3. The van der Waals surface area contributed by atoms with Gasteiger partial charge in [0.15, 0.2) is 17.4 Å². The first kappa shape index (κ1) is 13.8. The summed E-state index contributed by atoms with van der Waals surface area (Å²) < 4.78 is 6.13. The van der Waals surface area contributed by atoms with E-state index in [4.69, 9.17) is 15.6 Å². The zero-order valence-corrected chi connectivity index (χ0v) is 10.6. The maximum Gasteiger partial charge on any atom is 0.330 e. The summed E-state index contributed by atoms with van der Waals surface area (Å²) in [4.78, 5) is 32.0. The van der Waals surface area contributed by atoms with E-state index in [9.17, 15) is 19.8 Å². The van der Waals surface area contributed by atoms with Crippen molar-refractivity contribution in [1.29, 1.82) is 0 Å². The van der Waals surface area contributed by atoms with Crippen molar-refractivity contribution in [3.05, 3.63) is 20.8 Å². The minimum Gasteiger partial charge on any atom is -0.394 e. The number of aromatic amines is 2. The third-order valence-corrected chi connectivity index (χ3v) is 3.37. The Morgan fingerprint density at radius 2 is 2.00 bits per heavy atom. The molecule has 0 bridgehead atoms. The van der Waals surface area contributed by atoms with Crippen LogP contribution in [0.1, 0.15) is 6.23 Å². The number of anilines is 1. The summed E-state index contributed by atoms with van der Waals surface area (Å²) >= 11 is 0. The van der Waals surface area contributed by atoms with E-state index in [1.165, 1.54) is 0 Å². The molecule has 11 nitrogen and oxygen atoms in total. The highest BCUT2D eigenvalue weighted by Gasteiger charge is 2.44. The maximum absolute atomic E-state index is 12.0. The van der Waals surface area contributed by atoms with Crippen LogP contribution in [-0.2, 0) is 4.74 Å². The Balaban J connectivity index is 2.20. The summed E-state index contributed by atoms with van der Waals surface area (Å²) in [6.45, 7) is -0.540. The number of aliphatic hydroxyl groups excluding tert-OH is 3.